The molecule has 1 fully saturated rings. The average Bonchev–Trinajstić information content (AvgIpc) is 3.30. The van der Waals surface area contributed by atoms with Gasteiger partial charge in [-0.1, -0.05) is 6.07 Å². The molecule has 5 rings (SSSR count). The molecule has 0 radical (unpaired) electrons. The molecule has 2 aliphatic rings. The second-order valence-electron chi connectivity index (χ2n) is 9.44. The van der Waals surface area contributed by atoms with Crippen molar-refractivity contribution in [2.75, 3.05) is 30.4 Å². The first-order valence-corrected chi connectivity index (χ1v) is 12.0. The lowest BCUT2D eigenvalue weighted by Crippen LogP contribution is -2.37. The first kappa shape index (κ1) is 23.0. The van der Waals surface area contributed by atoms with E-state index >= 15 is 0 Å². The molecule has 3 aromatic rings. The summed E-state index contributed by atoms with van der Waals surface area (Å²) in [5, 5.41) is 11.8. The molecule has 1 saturated heterocycles. The van der Waals surface area contributed by atoms with Gasteiger partial charge in [-0.3, -0.25) is 9.69 Å². The number of allylic oxidation sites excluding steroid dienone is 1. The quantitative estimate of drug-likeness (QED) is 0.494. The zero-order valence-electron chi connectivity index (χ0n) is 20.2. The molecule has 1 aromatic heterocycles. The fourth-order valence-electron chi connectivity index (χ4n) is 5.26. The number of nitrogens with one attached hydrogen (secondary N) is 2. The van der Waals surface area contributed by atoms with Crippen molar-refractivity contribution in [3.8, 4) is 0 Å². The lowest BCUT2D eigenvalue weighted by molar-refractivity contribution is -0.119. The van der Waals surface area contributed by atoms with Crippen molar-refractivity contribution in [1.29, 1.82) is 5.41 Å². The summed E-state index contributed by atoms with van der Waals surface area (Å²) in [7, 11) is 2.01. The van der Waals surface area contributed by atoms with Crippen LogP contribution in [0.4, 0.5) is 11.5 Å². The van der Waals surface area contributed by atoms with E-state index in [0.717, 1.165) is 65.9 Å². The van der Waals surface area contributed by atoms with Gasteiger partial charge in [0.15, 0.2) is 0 Å². The summed E-state index contributed by atoms with van der Waals surface area (Å²) in [4.78, 5) is 26.4. The molecule has 2 aromatic carbocycles. The minimum atomic E-state index is -0.0548. The van der Waals surface area contributed by atoms with E-state index in [1.165, 1.54) is 23.5 Å². The van der Waals surface area contributed by atoms with Gasteiger partial charge in [0.25, 0.3) is 0 Å². The molecule has 180 valence electrons. The Balaban J connectivity index is 1.44. The van der Waals surface area contributed by atoms with Crippen molar-refractivity contribution in [3.05, 3.63) is 65.1 Å². The van der Waals surface area contributed by atoms with E-state index in [9.17, 15) is 4.79 Å². The molecular formula is C27H31N7O. The third-order valence-corrected chi connectivity index (χ3v) is 7.19. The number of rotatable bonds is 5. The third kappa shape index (κ3) is 4.37. The van der Waals surface area contributed by atoms with Crippen LogP contribution in [0.3, 0.4) is 0 Å². The number of carbonyl (C=O) groups excluding carboxylic acids is 1. The van der Waals surface area contributed by atoms with Crippen LogP contribution in [0.2, 0.25) is 0 Å². The standard InChI is InChI=1S/C27H31N7O/c1-17-10-19(21(13-28)14-29)12-23-25(17)30-16-31-26(23)34-9-7-18-5-6-22(11-20(18)15-34)32-27(35)24-4-3-8-33(24)2/h5-6,10-14,16,24,28H,3-4,7-9,15,29H2,1-2H3,(H,32,35)/b21-14+,28-13?/t24-/m0/s1. The van der Waals surface area contributed by atoms with Crippen molar-refractivity contribution in [3.63, 3.8) is 0 Å². The number of aromatic nitrogens is 2. The normalized spacial score (nSPS) is 18.5. The van der Waals surface area contributed by atoms with Gasteiger partial charge < -0.3 is 21.4 Å². The van der Waals surface area contributed by atoms with Crippen molar-refractivity contribution >= 4 is 40.1 Å². The molecule has 8 nitrogen and oxygen atoms in total. The topological polar surface area (TPSA) is 111 Å². The molecule has 2 aliphatic heterocycles. The number of likely N-dealkylation sites (N-methyl/N-ethyl adjacent to an activating group) is 1. The van der Waals surface area contributed by atoms with Crippen molar-refractivity contribution in [2.45, 2.75) is 38.8 Å². The highest BCUT2D eigenvalue weighted by Crippen LogP contribution is 2.32. The van der Waals surface area contributed by atoms with Gasteiger partial charge in [0.05, 0.1) is 11.6 Å². The van der Waals surface area contributed by atoms with Gasteiger partial charge in [-0.05, 0) is 86.3 Å². The molecule has 4 N–H and O–H groups in total. The molecule has 1 amide bonds. The van der Waals surface area contributed by atoms with Crippen LogP contribution in [0.1, 0.15) is 35.1 Å². The number of hydrogen-bond donors (Lipinski definition) is 3. The molecular weight excluding hydrogens is 438 g/mol. The van der Waals surface area contributed by atoms with Crippen LogP contribution in [0, 0.1) is 12.3 Å². The van der Waals surface area contributed by atoms with E-state index in [-0.39, 0.29) is 11.9 Å². The minimum absolute atomic E-state index is 0.0548. The Bertz CT molecular complexity index is 1330. The second kappa shape index (κ2) is 9.46. The number of anilines is 2. The fourth-order valence-corrected chi connectivity index (χ4v) is 5.26. The Morgan fingerprint density at radius 3 is 2.80 bits per heavy atom. The molecule has 3 heterocycles. The highest BCUT2D eigenvalue weighted by atomic mass is 16.2. The lowest BCUT2D eigenvalue weighted by atomic mass is 9.97. The van der Waals surface area contributed by atoms with Gasteiger partial charge in [0.2, 0.25) is 5.91 Å². The third-order valence-electron chi connectivity index (χ3n) is 7.19. The SMILES string of the molecule is Cc1cc(/C(C=N)=C/N)cc2c(N3CCc4ccc(NC(=O)[C@@H]5CCCN5C)cc4C3)ncnc12. The monoisotopic (exact) mass is 469 g/mol. The molecule has 0 saturated carbocycles. The van der Waals surface area contributed by atoms with Gasteiger partial charge in [-0.15, -0.1) is 0 Å². The summed E-state index contributed by atoms with van der Waals surface area (Å²) >= 11 is 0. The predicted octanol–water partition coefficient (Wildman–Crippen LogP) is 3.48. The van der Waals surface area contributed by atoms with Gasteiger partial charge in [-0.2, -0.15) is 0 Å². The molecule has 1 atom stereocenters. The van der Waals surface area contributed by atoms with Crippen LogP contribution in [0.5, 0.6) is 0 Å². The van der Waals surface area contributed by atoms with Gasteiger partial charge in [-0.25, -0.2) is 9.97 Å². The molecule has 8 heteroatoms. The highest BCUT2D eigenvalue weighted by molar-refractivity contribution is 6.10. The Hall–Kier alpha value is -3.78. The number of likely N-dealkylation sites (tertiary alicyclic amines) is 1. The number of nitrogens with two attached hydrogens (primary N) is 1. The number of amides is 1. The summed E-state index contributed by atoms with van der Waals surface area (Å²) in [5.41, 5.74) is 12.5. The second-order valence-corrected chi connectivity index (χ2v) is 9.44. The maximum Gasteiger partial charge on any atom is 0.241 e. The van der Waals surface area contributed by atoms with E-state index in [4.69, 9.17) is 11.1 Å². The molecule has 35 heavy (non-hydrogen) atoms. The molecule has 0 unspecified atom stereocenters. The minimum Gasteiger partial charge on any atom is -0.404 e. The van der Waals surface area contributed by atoms with E-state index in [2.05, 4.69) is 37.2 Å². The summed E-state index contributed by atoms with van der Waals surface area (Å²) < 4.78 is 0. The van der Waals surface area contributed by atoms with Crippen molar-refractivity contribution in [2.24, 2.45) is 5.73 Å². The largest absolute Gasteiger partial charge is 0.404 e. The molecule has 0 spiro atoms. The molecule has 0 bridgehead atoms. The van der Waals surface area contributed by atoms with Crippen LogP contribution in [0.25, 0.3) is 16.5 Å². The number of nitrogens with zero attached hydrogens (tertiary/aromatic N) is 4. The highest BCUT2D eigenvalue weighted by Gasteiger charge is 2.28. The lowest BCUT2D eigenvalue weighted by Gasteiger charge is -2.31. The number of hydrogen-bond acceptors (Lipinski definition) is 7. The van der Waals surface area contributed by atoms with E-state index in [0.29, 0.717) is 12.1 Å². The maximum absolute atomic E-state index is 12.8. The van der Waals surface area contributed by atoms with Crippen LogP contribution in [-0.4, -0.2) is 53.2 Å². The summed E-state index contributed by atoms with van der Waals surface area (Å²) in [6.45, 7) is 4.52. The Kier molecular flexibility index (Phi) is 6.21. The Labute approximate surface area is 205 Å². The van der Waals surface area contributed by atoms with Gasteiger partial charge in [0, 0.05) is 42.2 Å². The number of aryl methyl sites for hydroxylation is 1. The van der Waals surface area contributed by atoms with Crippen LogP contribution in [-0.2, 0) is 17.8 Å². The summed E-state index contributed by atoms with van der Waals surface area (Å²) in [6, 6.07) is 10.2. The first-order chi connectivity index (χ1) is 17.0. The predicted molar refractivity (Wildman–Crippen MR) is 141 cm³/mol. The Morgan fingerprint density at radius 1 is 1.20 bits per heavy atom. The van der Waals surface area contributed by atoms with E-state index in [1.807, 2.05) is 32.2 Å². The van der Waals surface area contributed by atoms with Crippen molar-refractivity contribution in [1.82, 2.24) is 14.9 Å². The van der Waals surface area contributed by atoms with E-state index in [1.54, 1.807) is 6.33 Å². The zero-order chi connectivity index (χ0) is 24.5. The summed E-state index contributed by atoms with van der Waals surface area (Å²) in [5.74, 6) is 0.936. The van der Waals surface area contributed by atoms with Crippen molar-refractivity contribution < 1.29 is 4.79 Å². The van der Waals surface area contributed by atoms with E-state index < -0.39 is 0 Å². The fraction of sp³-hybridized carbons (Fsp3) is 0.333. The number of carbonyl (C=O) groups is 1. The van der Waals surface area contributed by atoms with Gasteiger partial charge in [0.1, 0.15) is 12.1 Å². The smallest absolute Gasteiger partial charge is 0.241 e. The maximum atomic E-state index is 12.8. The van der Waals surface area contributed by atoms with Crippen LogP contribution in [0.15, 0.2) is 42.9 Å². The summed E-state index contributed by atoms with van der Waals surface area (Å²) in [6.07, 6.45) is 7.19. The molecule has 0 aliphatic carbocycles. The average molecular weight is 470 g/mol. The number of fused-ring (bicyclic) bond motifs is 2. The first-order valence-electron chi connectivity index (χ1n) is 12.0. The van der Waals surface area contributed by atoms with Crippen LogP contribution < -0.4 is 16.0 Å². The van der Waals surface area contributed by atoms with Gasteiger partial charge >= 0.3 is 0 Å². The number of benzene rings is 2. The zero-order valence-corrected chi connectivity index (χ0v) is 20.2. The Morgan fingerprint density at radius 2 is 2.06 bits per heavy atom. The van der Waals surface area contributed by atoms with Crippen LogP contribution >= 0.6 is 0 Å².